The third-order valence-electron chi connectivity index (χ3n) is 2.80. The van der Waals surface area contributed by atoms with E-state index in [-0.39, 0.29) is 28.7 Å². The highest BCUT2D eigenvalue weighted by Gasteiger charge is 2.18. The van der Waals surface area contributed by atoms with Gasteiger partial charge in [-0.05, 0) is 48.0 Å². The molecule has 1 amide bonds. The average molecular weight is 490 g/mol. The minimum absolute atomic E-state index is 0. The van der Waals surface area contributed by atoms with Crippen molar-refractivity contribution >= 4 is 46.8 Å². The summed E-state index contributed by atoms with van der Waals surface area (Å²) in [6.45, 7) is 13.2. The van der Waals surface area contributed by atoms with E-state index in [2.05, 4.69) is 20.9 Å². The number of amides is 1. The highest BCUT2D eigenvalue weighted by Crippen LogP contribution is 2.10. The first-order valence-corrected chi connectivity index (χ1v) is 9.57. The fourth-order valence-corrected chi connectivity index (χ4v) is 2.49. The molecule has 25 heavy (non-hydrogen) atoms. The normalized spacial score (nSPS) is 13.5. The smallest absolute Gasteiger partial charge is 0.407 e. The molecule has 0 rings (SSSR count). The molecule has 0 aromatic carbocycles. The van der Waals surface area contributed by atoms with Crippen LogP contribution in [0.25, 0.3) is 0 Å². The van der Waals surface area contributed by atoms with Gasteiger partial charge in [0.1, 0.15) is 5.60 Å². The number of hydrogen-bond acceptors (Lipinski definition) is 4. The van der Waals surface area contributed by atoms with Crippen LogP contribution in [0.2, 0.25) is 0 Å². The Morgan fingerprint density at radius 2 is 1.52 bits per heavy atom. The second-order valence-electron chi connectivity index (χ2n) is 7.37. The lowest BCUT2D eigenvalue weighted by Gasteiger charge is -2.20. The van der Waals surface area contributed by atoms with E-state index in [4.69, 9.17) is 4.74 Å². The van der Waals surface area contributed by atoms with Crippen molar-refractivity contribution in [2.45, 2.75) is 58.3 Å². The number of carbonyl (C=O) groups is 1. The molecule has 150 valence electrons. The molecule has 0 aliphatic carbocycles. The summed E-state index contributed by atoms with van der Waals surface area (Å²) in [7, 11) is 0.804. The van der Waals surface area contributed by atoms with Gasteiger partial charge in [0, 0.05) is 48.0 Å². The first kappa shape index (κ1) is 26.6. The number of rotatable bonds is 7. The minimum atomic E-state index is -0.885. The van der Waals surface area contributed by atoms with E-state index >= 15 is 0 Å². The van der Waals surface area contributed by atoms with E-state index in [0.29, 0.717) is 31.3 Å². The molecule has 9 heteroatoms. The maximum absolute atomic E-state index is 12.0. The quantitative estimate of drug-likeness (QED) is 0.220. The lowest BCUT2D eigenvalue weighted by Crippen LogP contribution is -2.41. The van der Waals surface area contributed by atoms with Gasteiger partial charge < -0.3 is 20.7 Å². The van der Waals surface area contributed by atoms with Crippen molar-refractivity contribution in [3.8, 4) is 0 Å². The number of carbonyl (C=O) groups excluding carboxylic acids is 1. The first-order valence-electron chi connectivity index (χ1n) is 8.25. The molecular formula is C16H35IN4O3S. The lowest BCUT2D eigenvalue weighted by atomic mass is 10.2. The predicted molar refractivity (Wildman–Crippen MR) is 116 cm³/mol. The van der Waals surface area contributed by atoms with Crippen LogP contribution in [0.15, 0.2) is 4.99 Å². The lowest BCUT2D eigenvalue weighted by molar-refractivity contribution is 0.0527. The Labute approximate surface area is 172 Å². The van der Waals surface area contributed by atoms with Crippen LogP contribution >= 0.6 is 24.0 Å². The first-order chi connectivity index (χ1) is 11.0. The summed E-state index contributed by atoms with van der Waals surface area (Å²) in [6, 6.07) is 0. The Morgan fingerprint density at radius 1 is 1.00 bits per heavy atom. The second kappa shape index (κ2) is 12.7. The van der Waals surface area contributed by atoms with Crippen LogP contribution in [0.3, 0.4) is 0 Å². The van der Waals surface area contributed by atoms with E-state index < -0.39 is 22.5 Å². The summed E-state index contributed by atoms with van der Waals surface area (Å²) in [5.74, 6) is 1.24. The maximum atomic E-state index is 12.0. The van der Waals surface area contributed by atoms with Crippen molar-refractivity contribution in [2.75, 3.05) is 32.4 Å². The average Bonchev–Trinajstić information content (AvgIpc) is 2.41. The third-order valence-corrected chi connectivity index (χ3v) is 4.74. The number of aliphatic imine (C=N–C) groups is 1. The molecule has 7 nitrogen and oxygen atoms in total. The highest BCUT2D eigenvalue weighted by atomic mass is 127. The Balaban J connectivity index is 0. The number of hydrogen-bond donors (Lipinski definition) is 3. The summed E-state index contributed by atoms with van der Waals surface area (Å²) in [5.41, 5.74) is -0.485. The molecule has 1 atom stereocenters. The predicted octanol–water partition coefficient (Wildman–Crippen LogP) is 2.23. The van der Waals surface area contributed by atoms with Gasteiger partial charge in [0.25, 0.3) is 0 Å². The summed E-state index contributed by atoms with van der Waals surface area (Å²) < 4.78 is 16.9. The molecular weight excluding hydrogens is 455 g/mol. The number of halogens is 1. The molecule has 0 fully saturated rings. The van der Waals surface area contributed by atoms with Crippen molar-refractivity contribution in [3.05, 3.63) is 0 Å². The SMILES string of the molecule is CN=C(NCCCNC(=O)OC(C)(C)C)NCCS(=O)C(C)(C)C.I. The van der Waals surface area contributed by atoms with Crippen LogP contribution in [0.4, 0.5) is 4.79 Å². The van der Waals surface area contributed by atoms with Gasteiger partial charge in [0.2, 0.25) is 0 Å². The standard InChI is InChI=1S/C16H34N4O3S.HI/c1-15(2,3)23-14(21)20-10-8-9-18-13(17-7)19-11-12-24(22)16(4,5)6;/h8-12H2,1-7H3,(H,20,21)(H2,17,18,19);1H. The zero-order valence-corrected chi connectivity index (χ0v) is 19.7. The van der Waals surface area contributed by atoms with Crippen molar-refractivity contribution in [3.63, 3.8) is 0 Å². The number of ether oxygens (including phenoxy) is 1. The number of alkyl carbamates (subject to hydrolysis) is 1. The monoisotopic (exact) mass is 490 g/mol. The Hall–Kier alpha value is -0.580. The molecule has 0 saturated heterocycles. The number of nitrogens with one attached hydrogen (secondary N) is 3. The fraction of sp³-hybridized carbons (Fsp3) is 0.875. The molecule has 0 saturated carbocycles. The van der Waals surface area contributed by atoms with E-state index in [1.807, 2.05) is 41.5 Å². The number of guanidine groups is 1. The summed E-state index contributed by atoms with van der Waals surface area (Å²) in [4.78, 5) is 15.6. The molecule has 0 heterocycles. The highest BCUT2D eigenvalue weighted by molar-refractivity contribution is 14.0. The van der Waals surface area contributed by atoms with Crippen molar-refractivity contribution in [1.82, 2.24) is 16.0 Å². The van der Waals surface area contributed by atoms with Gasteiger partial charge >= 0.3 is 6.09 Å². The molecule has 0 radical (unpaired) electrons. The van der Waals surface area contributed by atoms with Gasteiger partial charge in [0.05, 0.1) is 0 Å². The van der Waals surface area contributed by atoms with Crippen molar-refractivity contribution < 1.29 is 13.7 Å². The molecule has 0 aliphatic rings. The van der Waals surface area contributed by atoms with Gasteiger partial charge in [-0.25, -0.2) is 4.79 Å². The summed E-state index contributed by atoms with van der Waals surface area (Å²) in [6.07, 6.45) is 0.336. The topological polar surface area (TPSA) is 91.8 Å². The molecule has 0 bridgehead atoms. The van der Waals surface area contributed by atoms with Gasteiger partial charge in [-0.3, -0.25) is 9.20 Å². The van der Waals surface area contributed by atoms with Crippen LogP contribution in [0.5, 0.6) is 0 Å². The maximum Gasteiger partial charge on any atom is 0.407 e. The Kier molecular flexibility index (Phi) is 13.6. The van der Waals surface area contributed by atoms with Crippen LogP contribution in [0, 0.1) is 0 Å². The van der Waals surface area contributed by atoms with Gasteiger partial charge in [-0.15, -0.1) is 24.0 Å². The molecule has 0 spiro atoms. The fourth-order valence-electron chi connectivity index (χ4n) is 1.59. The van der Waals surface area contributed by atoms with Gasteiger partial charge in [0.15, 0.2) is 5.96 Å². The zero-order chi connectivity index (χ0) is 18.8. The van der Waals surface area contributed by atoms with Gasteiger partial charge in [-0.2, -0.15) is 0 Å². The molecule has 0 aliphatic heterocycles. The van der Waals surface area contributed by atoms with E-state index in [1.165, 1.54) is 0 Å². The van der Waals surface area contributed by atoms with Crippen LogP contribution in [-0.2, 0) is 15.5 Å². The van der Waals surface area contributed by atoms with Crippen molar-refractivity contribution in [1.29, 1.82) is 0 Å². The van der Waals surface area contributed by atoms with Gasteiger partial charge in [-0.1, -0.05) is 0 Å². The van der Waals surface area contributed by atoms with Crippen LogP contribution < -0.4 is 16.0 Å². The Morgan fingerprint density at radius 3 is 2.00 bits per heavy atom. The largest absolute Gasteiger partial charge is 0.444 e. The molecule has 0 aromatic heterocycles. The molecule has 3 N–H and O–H groups in total. The number of nitrogens with zero attached hydrogens (tertiary/aromatic N) is 1. The third kappa shape index (κ3) is 15.4. The minimum Gasteiger partial charge on any atom is -0.444 e. The van der Waals surface area contributed by atoms with Crippen LogP contribution in [-0.4, -0.2) is 59.0 Å². The van der Waals surface area contributed by atoms with E-state index in [1.54, 1.807) is 7.05 Å². The van der Waals surface area contributed by atoms with E-state index in [9.17, 15) is 9.00 Å². The molecule has 0 aromatic rings. The van der Waals surface area contributed by atoms with Crippen LogP contribution in [0.1, 0.15) is 48.0 Å². The zero-order valence-electron chi connectivity index (χ0n) is 16.5. The van der Waals surface area contributed by atoms with Crippen molar-refractivity contribution in [2.24, 2.45) is 4.99 Å². The summed E-state index contributed by atoms with van der Waals surface area (Å²) >= 11 is 0. The second-order valence-corrected chi connectivity index (χ2v) is 9.69. The van der Waals surface area contributed by atoms with E-state index in [0.717, 1.165) is 6.42 Å². The molecule has 1 unspecified atom stereocenters. The summed E-state index contributed by atoms with van der Waals surface area (Å²) in [5, 5.41) is 8.99. The Bertz CT molecular complexity index is 446.